The first kappa shape index (κ1) is 20.1. The third-order valence-corrected chi connectivity index (χ3v) is 5.18. The largest absolute Gasteiger partial charge is 0.381 e. The topological polar surface area (TPSA) is 69.0 Å². The highest BCUT2D eigenvalue weighted by molar-refractivity contribution is 6.34. The Hall–Kier alpha value is -3.14. The molecule has 1 aromatic carbocycles. The van der Waals surface area contributed by atoms with E-state index >= 15 is 0 Å². The van der Waals surface area contributed by atoms with E-state index in [-0.39, 0.29) is 5.91 Å². The maximum absolute atomic E-state index is 12.9. The number of amides is 1. The predicted molar refractivity (Wildman–Crippen MR) is 116 cm³/mol. The Balaban J connectivity index is 1.49. The number of nitrogens with one attached hydrogen (secondary N) is 1. The molecule has 3 aromatic rings. The van der Waals surface area contributed by atoms with Gasteiger partial charge in [-0.15, -0.1) is 0 Å². The van der Waals surface area contributed by atoms with Crippen LogP contribution in [-0.4, -0.2) is 33.9 Å². The summed E-state index contributed by atoms with van der Waals surface area (Å²) >= 11 is 6.24. The molecule has 1 amide bonds. The molecule has 1 N–H and O–H groups in total. The molecule has 30 heavy (non-hydrogen) atoms. The Kier molecular flexibility index (Phi) is 6.12. The van der Waals surface area contributed by atoms with Gasteiger partial charge < -0.3 is 10.1 Å². The van der Waals surface area contributed by atoms with Gasteiger partial charge in [-0.05, 0) is 37.1 Å². The number of nitrogens with zero attached hydrogens (tertiary/aromatic N) is 3. The van der Waals surface area contributed by atoms with Crippen LogP contribution < -0.4 is 5.32 Å². The van der Waals surface area contributed by atoms with Crippen molar-refractivity contribution in [3.8, 4) is 11.8 Å². The van der Waals surface area contributed by atoms with Crippen molar-refractivity contribution in [2.45, 2.75) is 19.9 Å². The highest BCUT2D eigenvalue weighted by Gasteiger charge is 2.23. The standard InChI is InChI=1S/C23H21ClN4O2/c1-16-11-18(8-7-17-5-3-2-4-6-17)12-25-22(16)27-23(29)21-20(24)13-26-28(21)14-19-9-10-30-15-19/h2-6,11-13,19H,9-10,14-15H2,1H3,(H,25,27,29)/t19-/m0/s1. The van der Waals surface area contributed by atoms with E-state index < -0.39 is 0 Å². The van der Waals surface area contributed by atoms with Crippen LogP contribution in [0.15, 0.2) is 48.8 Å². The van der Waals surface area contributed by atoms with Gasteiger partial charge in [0, 0.05) is 36.4 Å². The molecular weight excluding hydrogens is 400 g/mol. The second-order valence-electron chi connectivity index (χ2n) is 7.21. The molecule has 1 fully saturated rings. The average molecular weight is 421 g/mol. The lowest BCUT2D eigenvalue weighted by molar-refractivity contribution is 0.101. The van der Waals surface area contributed by atoms with Crippen LogP contribution in [0.2, 0.25) is 5.02 Å². The Morgan fingerprint density at radius 1 is 1.27 bits per heavy atom. The molecule has 1 atom stereocenters. The summed E-state index contributed by atoms with van der Waals surface area (Å²) in [5.74, 6) is 6.66. The smallest absolute Gasteiger partial charge is 0.276 e. The minimum atomic E-state index is -0.338. The SMILES string of the molecule is Cc1cc(C#Cc2ccccc2)cnc1NC(=O)c1c(Cl)cnn1C[C@@H]1CCOC1. The van der Waals surface area contributed by atoms with E-state index in [1.54, 1.807) is 10.9 Å². The van der Waals surface area contributed by atoms with Crippen molar-refractivity contribution < 1.29 is 9.53 Å². The number of anilines is 1. The van der Waals surface area contributed by atoms with E-state index in [9.17, 15) is 4.79 Å². The molecular formula is C23H21ClN4O2. The summed E-state index contributed by atoms with van der Waals surface area (Å²) < 4.78 is 7.06. The molecule has 1 aliphatic heterocycles. The number of carbonyl (C=O) groups excluding carboxylic acids is 1. The Morgan fingerprint density at radius 3 is 2.80 bits per heavy atom. The molecule has 0 bridgehead atoms. The van der Waals surface area contributed by atoms with E-state index in [2.05, 4.69) is 27.2 Å². The number of rotatable bonds is 4. The number of hydrogen-bond donors (Lipinski definition) is 1. The predicted octanol–water partition coefficient (Wildman–Crippen LogP) is 3.93. The van der Waals surface area contributed by atoms with Crippen LogP contribution in [0.4, 0.5) is 5.82 Å². The number of hydrogen-bond acceptors (Lipinski definition) is 4. The molecule has 152 valence electrons. The number of pyridine rings is 1. The molecule has 3 heterocycles. The summed E-state index contributed by atoms with van der Waals surface area (Å²) in [7, 11) is 0. The van der Waals surface area contributed by atoms with E-state index in [1.165, 1.54) is 6.20 Å². The quantitative estimate of drug-likeness (QED) is 0.649. The normalized spacial score (nSPS) is 15.5. The van der Waals surface area contributed by atoms with E-state index in [0.717, 1.165) is 29.7 Å². The first-order valence-electron chi connectivity index (χ1n) is 9.74. The van der Waals surface area contributed by atoms with Gasteiger partial charge in [-0.25, -0.2) is 4.98 Å². The van der Waals surface area contributed by atoms with Crippen molar-refractivity contribution in [1.82, 2.24) is 14.8 Å². The zero-order chi connectivity index (χ0) is 20.9. The number of ether oxygens (including phenoxy) is 1. The average Bonchev–Trinajstić information content (AvgIpc) is 3.39. The van der Waals surface area contributed by atoms with Crippen molar-refractivity contribution in [3.63, 3.8) is 0 Å². The number of halogens is 1. The van der Waals surface area contributed by atoms with Gasteiger partial charge >= 0.3 is 0 Å². The van der Waals surface area contributed by atoms with Crippen LogP contribution in [0.1, 0.15) is 33.6 Å². The van der Waals surface area contributed by atoms with Gasteiger partial charge in [-0.3, -0.25) is 9.48 Å². The van der Waals surface area contributed by atoms with E-state index in [1.807, 2.05) is 43.3 Å². The lowest BCUT2D eigenvalue weighted by Crippen LogP contribution is -2.22. The summed E-state index contributed by atoms with van der Waals surface area (Å²) in [5, 5.41) is 7.42. The molecule has 0 aliphatic carbocycles. The highest BCUT2D eigenvalue weighted by atomic mass is 35.5. The Labute approximate surface area is 180 Å². The van der Waals surface area contributed by atoms with Crippen molar-refractivity contribution >= 4 is 23.3 Å². The Bertz CT molecular complexity index is 1110. The van der Waals surface area contributed by atoms with Crippen LogP contribution in [0.3, 0.4) is 0 Å². The van der Waals surface area contributed by atoms with Crippen LogP contribution >= 0.6 is 11.6 Å². The monoisotopic (exact) mass is 420 g/mol. The minimum Gasteiger partial charge on any atom is -0.381 e. The second kappa shape index (κ2) is 9.12. The zero-order valence-corrected chi connectivity index (χ0v) is 17.3. The first-order chi connectivity index (χ1) is 14.6. The molecule has 1 aliphatic rings. The summed E-state index contributed by atoms with van der Waals surface area (Å²) in [4.78, 5) is 17.3. The van der Waals surface area contributed by atoms with Gasteiger partial charge in [-0.2, -0.15) is 5.10 Å². The molecule has 0 saturated carbocycles. The lowest BCUT2D eigenvalue weighted by Gasteiger charge is -2.12. The molecule has 6 nitrogen and oxygen atoms in total. The van der Waals surface area contributed by atoms with Crippen LogP contribution in [0.25, 0.3) is 0 Å². The maximum Gasteiger partial charge on any atom is 0.276 e. The number of aryl methyl sites for hydroxylation is 1. The second-order valence-corrected chi connectivity index (χ2v) is 7.62. The van der Waals surface area contributed by atoms with Gasteiger partial charge in [0.25, 0.3) is 5.91 Å². The van der Waals surface area contributed by atoms with Crippen molar-refractivity contribution in [3.05, 3.63) is 76.2 Å². The first-order valence-corrected chi connectivity index (χ1v) is 10.1. The number of aromatic nitrogens is 3. The van der Waals surface area contributed by atoms with E-state index in [0.29, 0.717) is 35.6 Å². The van der Waals surface area contributed by atoms with Gasteiger partial charge in [0.1, 0.15) is 11.5 Å². The fourth-order valence-electron chi connectivity index (χ4n) is 3.31. The molecule has 2 aromatic heterocycles. The molecule has 1 saturated heterocycles. The zero-order valence-electron chi connectivity index (χ0n) is 16.6. The van der Waals surface area contributed by atoms with Crippen molar-refractivity contribution in [1.29, 1.82) is 0 Å². The van der Waals surface area contributed by atoms with Gasteiger partial charge in [0.05, 0.1) is 17.8 Å². The third kappa shape index (κ3) is 4.70. The Morgan fingerprint density at radius 2 is 2.07 bits per heavy atom. The number of carbonyl (C=O) groups is 1. The highest BCUT2D eigenvalue weighted by Crippen LogP contribution is 2.22. The fourth-order valence-corrected chi connectivity index (χ4v) is 3.53. The van der Waals surface area contributed by atoms with Gasteiger partial charge in [0.2, 0.25) is 0 Å². The molecule has 0 spiro atoms. The molecule has 0 radical (unpaired) electrons. The lowest BCUT2D eigenvalue weighted by atomic mass is 10.1. The van der Waals surface area contributed by atoms with Crippen molar-refractivity contribution in [2.75, 3.05) is 18.5 Å². The van der Waals surface area contributed by atoms with Crippen LogP contribution in [0, 0.1) is 24.7 Å². The molecule has 4 rings (SSSR count). The third-order valence-electron chi connectivity index (χ3n) is 4.90. The minimum absolute atomic E-state index is 0.314. The van der Waals surface area contributed by atoms with E-state index in [4.69, 9.17) is 16.3 Å². The van der Waals surface area contributed by atoms with Crippen LogP contribution in [0.5, 0.6) is 0 Å². The fraction of sp³-hybridized carbons (Fsp3) is 0.261. The summed E-state index contributed by atoms with van der Waals surface area (Å²) in [6, 6.07) is 11.6. The van der Waals surface area contributed by atoms with Gasteiger partial charge in [-0.1, -0.05) is 41.6 Å². The summed E-state index contributed by atoms with van der Waals surface area (Å²) in [5.41, 5.74) is 2.86. The molecule has 7 heteroatoms. The van der Waals surface area contributed by atoms with Gasteiger partial charge in [0.15, 0.2) is 0 Å². The summed E-state index contributed by atoms with van der Waals surface area (Å²) in [6.45, 7) is 3.88. The maximum atomic E-state index is 12.9. The summed E-state index contributed by atoms with van der Waals surface area (Å²) in [6.07, 6.45) is 4.09. The number of benzene rings is 1. The van der Waals surface area contributed by atoms with Crippen molar-refractivity contribution in [2.24, 2.45) is 5.92 Å². The molecule has 0 unspecified atom stereocenters. The van der Waals surface area contributed by atoms with Crippen LogP contribution in [-0.2, 0) is 11.3 Å².